The van der Waals surface area contributed by atoms with Crippen LogP contribution in [0, 0.1) is 17.5 Å². The van der Waals surface area contributed by atoms with E-state index >= 15 is 0 Å². The van der Waals surface area contributed by atoms with E-state index in [1.54, 1.807) is 11.0 Å². The minimum atomic E-state index is -0.616. The molecule has 0 spiro atoms. The Bertz CT molecular complexity index is 673. The third-order valence-electron chi connectivity index (χ3n) is 3.68. The largest absolute Gasteiger partial charge is 0.338 e. The predicted octanol–water partition coefficient (Wildman–Crippen LogP) is 3.69. The lowest BCUT2D eigenvalue weighted by Gasteiger charge is -2.25. The van der Waals surface area contributed by atoms with Crippen LogP contribution in [0.3, 0.4) is 0 Å². The average molecular weight is 292 g/mol. The first-order chi connectivity index (χ1) is 10.0. The number of rotatable bonds is 1. The summed E-state index contributed by atoms with van der Waals surface area (Å²) in [6.45, 7) is 1.84. The number of hydrogen-bond acceptors (Lipinski definition) is 2. The topological polar surface area (TPSA) is 6.48 Å². The molecule has 21 heavy (non-hydrogen) atoms. The van der Waals surface area contributed by atoms with Crippen molar-refractivity contribution in [3.8, 4) is 0 Å². The molecule has 3 rings (SSSR count). The van der Waals surface area contributed by atoms with Crippen LogP contribution >= 0.6 is 0 Å². The molecule has 2 aromatic rings. The third-order valence-corrected chi connectivity index (χ3v) is 3.68. The first-order valence-electron chi connectivity index (χ1n) is 6.74. The molecule has 2 aromatic carbocycles. The Balaban J connectivity index is 2.10. The van der Waals surface area contributed by atoms with Gasteiger partial charge in [0.25, 0.3) is 0 Å². The van der Waals surface area contributed by atoms with E-state index in [4.69, 9.17) is 0 Å². The summed E-state index contributed by atoms with van der Waals surface area (Å²) in [5.74, 6) is -1.54. The summed E-state index contributed by atoms with van der Waals surface area (Å²) in [7, 11) is 1.93. The molecular formula is C16H15F3N2. The Kier molecular flexibility index (Phi) is 3.59. The molecule has 0 N–H and O–H groups in total. The van der Waals surface area contributed by atoms with E-state index in [2.05, 4.69) is 0 Å². The Hall–Kier alpha value is -2.01. The zero-order valence-corrected chi connectivity index (χ0v) is 11.6. The summed E-state index contributed by atoms with van der Waals surface area (Å²) in [5.41, 5.74) is 1.85. The van der Waals surface area contributed by atoms with Crippen LogP contribution in [0.15, 0.2) is 36.4 Å². The molecule has 0 radical (unpaired) electrons. The maximum absolute atomic E-state index is 14.1. The molecule has 0 unspecified atom stereocenters. The third kappa shape index (κ3) is 2.74. The van der Waals surface area contributed by atoms with Crippen molar-refractivity contribution >= 4 is 11.4 Å². The van der Waals surface area contributed by atoms with Gasteiger partial charge >= 0.3 is 0 Å². The minimum absolute atomic E-state index is 0.305. The molecule has 0 aliphatic carbocycles. The monoisotopic (exact) mass is 292 g/mol. The lowest BCUT2D eigenvalue weighted by Crippen LogP contribution is -2.26. The van der Waals surface area contributed by atoms with Crippen LogP contribution < -0.4 is 4.90 Å². The van der Waals surface area contributed by atoms with Crippen molar-refractivity contribution in [1.82, 2.24) is 4.90 Å². The molecule has 0 atom stereocenters. The fraction of sp³-hybridized carbons (Fsp3) is 0.250. The van der Waals surface area contributed by atoms with Gasteiger partial charge in [0.1, 0.15) is 17.5 Å². The van der Waals surface area contributed by atoms with Crippen molar-refractivity contribution < 1.29 is 13.2 Å². The van der Waals surface area contributed by atoms with E-state index in [0.29, 0.717) is 25.3 Å². The molecule has 1 heterocycles. The fourth-order valence-corrected chi connectivity index (χ4v) is 2.66. The van der Waals surface area contributed by atoms with Crippen LogP contribution in [0.4, 0.5) is 24.5 Å². The number of hydrogen-bond donors (Lipinski definition) is 0. The number of likely N-dealkylation sites (N-methyl/N-ethyl adjacent to an activating group) is 1. The summed E-state index contributed by atoms with van der Waals surface area (Å²) < 4.78 is 40.6. The Morgan fingerprint density at radius 1 is 0.857 bits per heavy atom. The molecule has 0 amide bonds. The second-order valence-corrected chi connectivity index (χ2v) is 5.26. The van der Waals surface area contributed by atoms with Crippen LogP contribution in [0.5, 0.6) is 0 Å². The van der Waals surface area contributed by atoms with E-state index in [-0.39, 0.29) is 5.82 Å². The van der Waals surface area contributed by atoms with Gasteiger partial charge in [-0.05, 0) is 42.9 Å². The molecule has 0 fully saturated rings. The molecule has 0 bridgehead atoms. The van der Waals surface area contributed by atoms with E-state index in [1.165, 1.54) is 24.3 Å². The second-order valence-electron chi connectivity index (χ2n) is 5.26. The zero-order chi connectivity index (χ0) is 15.0. The molecule has 1 aliphatic heterocycles. The van der Waals surface area contributed by atoms with Gasteiger partial charge in [0, 0.05) is 31.4 Å². The van der Waals surface area contributed by atoms with Gasteiger partial charge in [0.05, 0.1) is 5.69 Å². The molecule has 2 nitrogen and oxygen atoms in total. The number of anilines is 2. The van der Waals surface area contributed by atoms with Gasteiger partial charge in [0.2, 0.25) is 0 Å². The number of nitrogens with zero attached hydrogens (tertiary/aromatic N) is 2. The van der Waals surface area contributed by atoms with Crippen molar-refractivity contribution in [2.24, 2.45) is 0 Å². The molecule has 5 heteroatoms. The average Bonchev–Trinajstić information content (AvgIpc) is 2.57. The van der Waals surface area contributed by atoms with Crippen LogP contribution in [-0.4, -0.2) is 25.0 Å². The van der Waals surface area contributed by atoms with E-state index in [0.717, 1.165) is 17.3 Å². The number of benzene rings is 2. The molecule has 0 aromatic heterocycles. The van der Waals surface area contributed by atoms with Gasteiger partial charge in [-0.25, -0.2) is 13.2 Å². The van der Waals surface area contributed by atoms with Crippen LogP contribution in [0.1, 0.15) is 5.56 Å². The minimum Gasteiger partial charge on any atom is -0.338 e. The molecule has 0 saturated heterocycles. The van der Waals surface area contributed by atoms with E-state index in [9.17, 15) is 13.2 Å². The summed E-state index contributed by atoms with van der Waals surface area (Å²) >= 11 is 0. The van der Waals surface area contributed by atoms with E-state index in [1.807, 2.05) is 11.9 Å². The Morgan fingerprint density at radius 3 is 2.24 bits per heavy atom. The highest BCUT2D eigenvalue weighted by atomic mass is 19.1. The lowest BCUT2D eigenvalue weighted by molar-refractivity contribution is 0.343. The zero-order valence-electron chi connectivity index (χ0n) is 11.6. The summed E-state index contributed by atoms with van der Waals surface area (Å²) in [5, 5.41) is 0. The highest BCUT2D eigenvalue weighted by Crippen LogP contribution is 2.33. The van der Waals surface area contributed by atoms with Crippen molar-refractivity contribution in [1.29, 1.82) is 0 Å². The normalized spacial score (nSPS) is 15.7. The van der Waals surface area contributed by atoms with Crippen molar-refractivity contribution in [3.63, 3.8) is 0 Å². The maximum Gasteiger partial charge on any atom is 0.149 e. The van der Waals surface area contributed by atoms with Gasteiger partial charge in [-0.2, -0.15) is 0 Å². The lowest BCUT2D eigenvalue weighted by atomic mass is 10.1. The predicted molar refractivity (Wildman–Crippen MR) is 76.1 cm³/mol. The first-order valence-corrected chi connectivity index (χ1v) is 6.74. The van der Waals surface area contributed by atoms with Crippen LogP contribution in [-0.2, 0) is 6.54 Å². The molecular weight excluding hydrogens is 277 g/mol. The maximum atomic E-state index is 14.1. The van der Waals surface area contributed by atoms with Crippen LogP contribution in [0.2, 0.25) is 0 Å². The van der Waals surface area contributed by atoms with Gasteiger partial charge in [-0.1, -0.05) is 0 Å². The van der Waals surface area contributed by atoms with Gasteiger partial charge in [-0.3, -0.25) is 0 Å². The highest BCUT2D eigenvalue weighted by Gasteiger charge is 2.22. The van der Waals surface area contributed by atoms with Gasteiger partial charge < -0.3 is 9.80 Å². The molecule has 1 aliphatic rings. The Labute approximate surface area is 121 Å². The standard InChI is InChI=1S/C16H15F3N2/c1-20-6-7-21(16-5-3-13(18)9-14(16)19)15-4-2-12(17)8-11(15)10-20/h2-5,8-9H,6-7,10H2,1H3. The smallest absolute Gasteiger partial charge is 0.149 e. The van der Waals surface area contributed by atoms with Gasteiger partial charge in [0.15, 0.2) is 0 Å². The highest BCUT2D eigenvalue weighted by molar-refractivity contribution is 5.67. The SMILES string of the molecule is CN1CCN(c2ccc(F)cc2F)c2ccc(F)cc2C1. The van der Waals surface area contributed by atoms with Gasteiger partial charge in [-0.15, -0.1) is 0 Å². The fourth-order valence-electron chi connectivity index (χ4n) is 2.66. The number of halogens is 3. The summed E-state index contributed by atoms with van der Waals surface area (Å²) in [6.07, 6.45) is 0. The second kappa shape index (κ2) is 5.41. The van der Waals surface area contributed by atoms with E-state index < -0.39 is 11.6 Å². The Morgan fingerprint density at radius 2 is 1.52 bits per heavy atom. The molecule has 0 saturated carbocycles. The van der Waals surface area contributed by atoms with Crippen molar-refractivity contribution in [2.45, 2.75) is 6.54 Å². The van der Waals surface area contributed by atoms with Crippen LogP contribution in [0.25, 0.3) is 0 Å². The summed E-state index contributed by atoms with van der Waals surface area (Å²) in [6, 6.07) is 7.99. The number of fused-ring (bicyclic) bond motifs is 1. The quantitative estimate of drug-likeness (QED) is 0.791. The summed E-state index contributed by atoms with van der Waals surface area (Å²) in [4.78, 5) is 3.81. The first kappa shape index (κ1) is 13.9. The molecule has 110 valence electrons. The van der Waals surface area contributed by atoms with Crippen molar-refractivity contribution in [3.05, 3.63) is 59.4 Å². The van der Waals surface area contributed by atoms with Crippen molar-refractivity contribution in [2.75, 3.05) is 25.0 Å².